The molecule has 0 radical (unpaired) electrons. The lowest BCUT2D eigenvalue weighted by Gasteiger charge is -2.18. The van der Waals surface area contributed by atoms with Gasteiger partial charge >= 0.3 is 0 Å². The Kier molecular flexibility index (Phi) is 3.96. The van der Waals surface area contributed by atoms with E-state index in [0.29, 0.717) is 5.88 Å². The quantitative estimate of drug-likeness (QED) is 0.694. The second-order valence-electron chi connectivity index (χ2n) is 2.83. The molecule has 1 heterocycles. The molecule has 1 aromatic rings. The molecular formula is C9H14ClN3. The van der Waals surface area contributed by atoms with Gasteiger partial charge < -0.3 is 4.90 Å². The highest BCUT2D eigenvalue weighted by Crippen LogP contribution is 2.05. The molecule has 0 aliphatic rings. The topological polar surface area (TPSA) is 29.0 Å². The van der Waals surface area contributed by atoms with Crippen molar-refractivity contribution in [2.45, 2.75) is 13.8 Å². The van der Waals surface area contributed by atoms with Crippen LogP contribution in [-0.2, 0) is 0 Å². The van der Waals surface area contributed by atoms with Gasteiger partial charge in [-0.25, -0.2) is 9.97 Å². The second-order valence-corrected chi connectivity index (χ2v) is 3.21. The Morgan fingerprint density at radius 2 is 2.00 bits per heavy atom. The van der Waals surface area contributed by atoms with Crippen LogP contribution in [0.2, 0.25) is 0 Å². The number of aryl methyl sites for hydroxylation is 1. The Morgan fingerprint density at radius 1 is 1.38 bits per heavy atom. The summed E-state index contributed by atoms with van der Waals surface area (Å²) in [6, 6.07) is 0. The molecule has 0 amide bonds. The van der Waals surface area contributed by atoms with Gasteiger partial charge in [-0.2, -0.15) is 0 Å². The van der Waals surface area contributed by atoms with Gasteiger partial charge in [0.1, 0.15) is 0 Å². The van der Waals surface area contributed by atoms with E-state index in [1.54, 1.807) is 0 Å². The number of halogens is 1. The van der Waals surface area contributed by atoms with E-state index in [1.807, 2.05) is 24.2 Å². The van der Waals surface area contributed by atoms with Crippen LogP contribution in [0, 0.1) is 6.92 Å². The van der Waals surface area contributed by atoms with Gasteiger partial charge in [0.05, 0.1) is 0 Å². The van der Waals surface area contributed by atoms with Crippen LogP contribution in [0.1, 0.15) is 12.5 Å². The van der Waals surface area contributed by atoms with Gasteiger partial charge in [-0.1, -0.05) is 0 Å². The third kappa shape index (κ3) is 2.84. The van der Waals surface area contributed by atoms with Crippen molar-refractivity contribution in [2.24, 2.45) is 0 Å². The highest BCUT2D eigenvalue weighted by Gasteiger charge is 2.04. The maximum atomic E-state index is 5.66. The Labute approximate surface area is 83.8 Å². The van der Waals surface area contributed by atoms with E-state index in [1.165, 1.54) is 0 Å². The maximum absolute atomic E-state index is 5.66. The van der Waals surface area contributed by atoms with Crippen LogP contribution in [0.25, 0.3) is 0 Å². The minimum absolute atomic E-state index is 0.602. The zero-order valence-electron chi connectivity index (χ0n) is 8.00. The van der Waals surface area contributed by atoms with Crippen LogP contribution in [0.4, 0.5) is 5.95 Å². The van der Waals surface area contributed by atoms with E-state index >= 15 is 0 Å². The molecule has 13 heavy (non-hydrogen) atoms. The average molecular weight is 200 g/mol. The molecule has 0 atom stereocenters. The summed E-state index contributed by atoms with van der Waals surface area (Å²) < 4.78 is 0. The molecule has 3 nitrogen and oxygen atoms in total. The molecule has 0 aliphatic carbocycles. The van der Waals surface area contributed by atoms with Crippen molar-refractivity contribution in [1.29, 1.82) is 0 Å². The van der Waals surface area contributed by atoms with E-state index in [0.717, 1.165) is 24.6 Å². The Hall–Kier alpha value is -0.830. The van der Waals surface area contributed by atoms with Crippen LogP contribution in [0.5, 0.6) is 0 Å². The summed E-state index contributed by atoms with van der Waals surface area (Å²) in [4.78, 5) is 10.5. The standard InChI is InChI=1S/C9H14ClN3/c1-3-13(5-4-10)9-11-6-8(2)7-12-9/h6-7H,3-5H2,1-2H3. The molecular weight excluding hydrogens is 186 g/mol. The SMILES string of the molecule is CCN(CCCl)c1ncc(C)cn1. The van der Waals surface area contributed by atoms with Crippen molar-refractivity contribution in [2.75, 3.05) is 23.9 Å². The molecule has 72 valence electrons. The molecule has 0 saturated carbocycles. The normalized spacial score (nSPS) is 10.1. The number of hydrogen-bond donors (Lipinski definition) is 0. The van der Waals surface area contributed by atoms with Gasteiger partial charge in [-0.15, -0.1) is 11.6 Å². The fourth-order valence-corrected chi connectivity index (χ4v) is 1.25. The van der Waals surface area contributed by atoms with Gasteiger partial charge in [-0.05, 0) is 19.4 Å². The third-order valence-corrected chi connectivity index (χ3v) is 1.96. The van der Waals surface area contributed by atoms with Gasteiger partial charge in [0.2, 0.25) is 5.95 Å². The molecule has 0 aromatic carbocycles. The minimum atomic E-state index is 0.602. The molecule has 0 fully saturated rings. The van der Waals surface area contributed by atoms with Crippen LogP contribution >= 0.6 is 11.6 Å². The lowest BCUT2D eigenvalue weighted by molar-refractivity contribution is 0.822. The Bertz CT molecular complexity index is 248. The van der Waals surface area contributed by atoms with Gasteiger partial charge in [0.25, 0.3) is 0 Å². The number of hydrogen-bond acceptors (Lipinski definition) is 3. The van der Waals surface area contributed by atoms with Crippen LogP contribution < -0.4 is 4.90 Å². The predicted molar refractivity (Wildman–Crippen MR) is 55.4 cm³/mol. The second kappa shape index (κ2) is 5.02. The molecule has 4 heteroatoms. The molecule has 0 N–H and O–H groups in total. The number of alkyl halides is 1. The minimum Gasteiger partial charge on any atom is -0.340 e. The Morgan fingerprint density at radius 3 is 2.46 bits per heavy atom. The van der Waals surface area contributed by atoms with E-state index in [-0.39, 0.29) is 0 Å². The lowest BCUT2D eigenvalue weighted by Crippen LogP contribution is -2.26. The summed E-state index contributed by atoms with van der Waals surface area (Å²) >= 11 is 5.66. The van der Waals surface area contributed by atoms with Gasteiger partial charge in [0, 0.05) is 31.4 Å². The van der Waals surface area contributed by atoms with Crippen LogP contribution in [0.15, 0.2) is 12.4 Å². The van der Waals surface area contributed by atoms with Crippen molar-refractivity contribution in [3.8, 4) is 0 Å². The molecule has 0 unspecified atom stereocenters. The Balaban J connectivity index is 2.73. The van der Waals surface area contributed by atoms with Crippen molar-refractivity contribution >= 4 is 17.5 Å². The summed E-state index contributed by atoms with van der Waals surface area (Å²) in [6.07, 6.45) is 3.64. The first-order valence-electron chi connectivity index (χ1n) is 4.37. The van der Waals surface area contributed by atoms with E-state index in [4.69, 9.17) is 11.6 Å². The first-order valence-corrected chi connectivity index (χ1v) is 4.91. The molecule has 0 aliphatic heterocycles. The highest BCUT2D eigenvalue weighted by molar-refractivity contribution is 6.18. The highest BCUT2D eigenvalue weighted by atomic mass is 35.5. The van der Waals surface area contributed by atoms with Gasteiger partial charge in [0.15, 0.2) is 0 Å². The van der Waals surface area contributed by atoms with Crippen molar-refractivity contribution in [1.82, 2.24) is 9.97 Å². The lowest BCUT2D eigenvalue weighted by atomic mass is 10.4. The average Bonchev–Trinajstić information content (AvgIpc) is 2.16. The summed E-state index contributed by atoms with van der Waals surface area (Å²) in [5.74, 6) is 1.36. The largest absolute Gasteiger partial charge is 0.340 e. The fraction of sp³-hybridized carbons (Fsp3) is 0.556. The van der Waals surface area contributed by atoms with Crippen LogP contribution in [-0.4, -0.2) is 28.9 Å². The van der Waals surface area contributed by atoms with Gasteiger partial charge in [-0.3, -0.25) is 0 Å². The number of anilines is 1. The fourth-order valence-electron chi connectivity index (χ4n) is 1.05. The van der Waals surface area contributed by atoms with E-state index in [9.17, 15) is 0 Å². The van der Waals surface area contributed by atoms with Crippen molar-refractivity contribution in [3.05, 3.63) is 18.0 Å². The van der Waals surface area contributed by atoms with Crippen molar-refractivity contribution < 1.29 is 0 Å². The first-order chi connectivity index (χ1) is 6.27. The first kappa shape index (κ1) is 10.3. The molecule has 0 spiro atoms. The zero-order chi connectivity index (χ0) is 9.68. The predicted octanol–water partition coefficient (Wildman–Crippen LogP) is 1.85. The molecule has 0 saturated heterocycles. The maximum Gasteiger partial charge on any atom is 0.225 e. The summed E-state index contributed by atoms with van der Waals surface area (Å²) in [7, 11) is 0. The van der Waals surface area contributed by atoms with E-state index < -0.39 is 0 Å². The number of nitrogens with zero attached hydrogens (tertiary/aromatic N) is 3. The number of rotatable bonds is 4. The molecule has 1 aromatic heterocycles. The third-order valence-electron chi connectivity index (χ3n) is 1.79. The van der Waals surface area contributed by atoms with Crippen LogP contribution in [0.3, 0.4) is 0 Å². The molecule has 1 rings (SSSR count). The zero-order valence-corrected chi connectivity index (χ0v) is 8.75. The summed E-state index contributed by atoms with van der Waals surface area (Å²) in [5, 5.41) is 0. The van der Waals surface area contributed by atoms with Crippen molar-refractivity contribution in [3.63, 3.8) is 0 Å². The summed E-state index contributed by atoms with van der Waals surface area (Å²) in [5.41, 5.74) is 1.07. The van der Waals surface area contributed by atoms with E-state index in [2.05, 4.69) is 16.9 Å². The smallest absolute Gasteiger partial charge is 0.225 e. The summed E-state index contributed by atoms with van der Waals surface area (Å²) in [6.45, 7) is 5.72. The molecule has 0 bridgehead atoms. The monoisotopic (exact) mass is 199 g/mol. The number of aromatic nitrogens is 2.